The lowest BCUT2D eigenvalue weighted by molar-refractivity contribution is 0.551. The lowest BCUT2D eigenvalue weighted by Crippen LogP contribution is -2.42. The van der Waals surface area contributed by atoms with Gasteiger partial charge in [0.1, 0.15) is 5.37 Å². The van der Waals surface area contributed by atoms with E-state index in [-0.39, 0.29) is 16.2 Å². The Labute approximate surface area is 185 Å². The fraction of sp³-hybridized carbons (Fsp3) is 0.250. The summed E-state index contributed by atoms with van der Waals surface area (Å²) in [5.74, 6) is 0. The minimum atomic E-state index is -4.09. The van der Waals surface area contributed by atoms with E-state index in [2.05, 4.69) is 4.72 Å². The van der Waals surface area contributed by atoms with E-state index in [1.54, 1.807) is 62.4 Å². The fourth-order valence-electron chi connectivity index (χ4n) is 3.76. The van der Waals surface area contributed by atoms with E-state index in [4.69, 9.17) is 0 Å². The molecular weight excluding hydrogens is 430 g/mol. The third-order valence-electron chi connectivity index (χ3n) is 5.15. The number of nitrogens with one attached hydrogen (secondary N) is 1. The van der Waals surface area contributed by atoms with Crippen molar-refractivity contribution in [3.63, 3.8) is 0 Å². The molecule has 164 valence electrons. The van der Waals surface area contributed by atoms with Crippen LogP contribution in [0.1, 0.15) is 27.8 Å². The van der Waals surface area contributed by atoms with Gasteiger partial charge in [-0.05, 0) is 56.5 Å². The van der Waals surface area contributed by atoms with Crippen LogP contribution in [0.2, 0.25) is 0 Å². The molecule has 0 heterocycles. The standard InChI is InChI=1S/C24H27NO4S2/c1-17-10-12-22(13-11-17)30(26,27)23(16-21-8-6-5-7-9-21)25-31(28,29)24-19(3)14-18(2)15-20(24)4/h5-15,23,25H,16H2,1-4H3. The molecule has 31 heavy (non-hydrogen) atoms. The highest BCUT2D eigenvalue weighted by molar-refractivity contribution is 7.94. The Bertz CT molecular complexity index is 1260. The molecule has 0 spiro atoms. The van der Waals surface area contributed by atoms with Crippen LogP contribution in [0.4, 0.5) is 0 Å². The van der Waals surface area contributed by atoms with Gasteiger partial charge in [-0.15, -0.1) is 0 Å². The molecule has 0 radical (unpaired) electrons. The van der Waals surface area contributed by atoms with E-state index in [0.717, 1.165) is 16.7 Å². The highest BCUT2D eigenvalue weighted by Gasteiger charge is 2.33. The van der Waals surface area contributed by atoms with Crippen molar-refractivity contribution in [1.29, 1.82) is 0 Å². The normalized spacial score (nSPS) is 13.2. The number of benzene rings is 3. The van der Waals surface area contributed by atoms with Crippen molar-refractivity contribution in [2.24, 2.45) is 0 Å². The van der Waals surface area contributed by atoms with Crippen LogP contribution in [0, 0.1) is 27.7 Å². The van der Waals surface area contributed by atoms with Crippen LogP contribution < -0.4 is 4.72 Å². The monoisotopic (exact) mass is 457 g/mol. The molecule has 7 heteroatoms. The average Bonchev–Trinajstić information content (AvgIpc) is 2.67. The largest absolute Gasteiger partial charge is 0.242 e. The number of sulfone groups is 1. The maximum atomic E-state index is 13.5. The summed E-state index contributed by atoms with van der Waals surface area (Å²) in [6.45, 7) is 7.19. The molecule has 0 fully saturated rings. The van der Waals surface area contributed by atoms with Crippen LogP contribution in [-0.4, -0.2) is 22.2 Å². The molecule has 3 aromatic rings. The highest BCUT2D eigenvalue weighted by atomic mass is 32.2. The molecule has 0 saturated heterocycles. The maximum Gasteiger partial charge on any atom is 0.242 e. The van der Waals surface area contributed by atoms with Gasteiger partial charge in [0.25, 0.3) is 0 Å². The van der Waals surface area contributed by atoms with Gasteiger partial charge < -0.3 is 0 Å². The second kappa shape index (κ2) is 8.94. The Morgan fingerprint density at radius 2 is 1.29 bits per heavy atom. The summed E-state index contributed by atoms with van der Waals surface area (Å²) in [7, 11) is -8.07. The molecule has 3 aromatic carbocycles. The van der Waals surface area contributed by atoms with Gasteiger partial charge in [0.05, 0.1) is 9.79 Å². The molecular formula is C24H27NO4S2. The summed E-state index contributed by atoms with van der Waals surface area (Å²) in [5.41, 5.74) is 3.75. The first-order valence-electron chi connectivity index (χ1n) is 9.95. The van der Waals surface area contributed by atoms with Crippen LogP contribution >= 0.6 is 0 Å². The van der Waals surface area contributed by atoms with Gasteiger partial charge in [-0.3, -0.25) is 0 Å². The van der Waals surface area contributed by atoms with Gasteiger partial charge in [-0.25, -0.2) is 16.8 Å². The molecule has 1 N–H and O–H groups in total. The topological polar surface area (TPSA) is 80.3 Å². The first kappa shape index (κ1) is 23.2. The van der Waals surface area contributed by atoms with E-state index in [0.29, 0.717) is 11.1 Å². The summed E-state index contributed by atoms with van der Waals surface area (Å²) in [6.07, 6.45) is 0.0141. The Morgan fingerprint density at radius 3 is 1.84 bits per heavy atom. The first-order valence-corrected chi connectivity index (χ1v) is 13.0. The van der Waals surface area contributed by atoms with Gasteiger partial charge in [0, 0.05) is 6.42 Å². The molecule has 1 atom stereocenters. The number of hydrogen-bond acceptors (Lipinski definition) is 4. The minimum absolute atomic E-state index is 0.0141. The quantitative estimate of drug-likeness (QED) is 0.575. The van der Waals surface area contributed by atoms with Gasteiger partial charge in [0.2, 0.25) is 10.0 Å². The smallest absolute Gasteiger partial charge is 0.222 e. The molecule has 0 saturated carbocycles. The van der Waals surface area contributed by atoms with Crippen molar-refractivity contribution < 1.29 is 16.8 Å². The zero-order valence-electron chi connectivity index (χ0n) is 18.1. The number of rotatable bonds is 7. The summed E-state index contributed by atoms with van der Waals surface area (Å²) < 4.78 is 56.1. The number of sulfonamides is 1. The van der Waals surface area contributed by atoms with Crippen LogP contribution in [0.3, 0.4) is 0 Å². The highest BCUT2D eigenvalue weighted by Crippen LogP contribution is 2.25. The van der Waals surface area contributed by atoms with Crippen LogP contribution in [0.25, 0.3) is 0 Å². The van der Waals surface area contributed by atoms with Crippen LogP contribution in [0.5, 0.6) is 0 Å². The van der Waals surface area contributed by atoms with E-state index >= 15 is 0 Å². The Kier molecular flexibility index (Phi) is 6.69. The molecule has 3 rings (SSSR count). The van der Waals surface area contributed by atoms with E-state index in [1.807, 2.05) is 19.9 Å². The maximum absolute atomic E-state index is 13.5. The van der Waals surface area contributed by atoms with Crippen molar-refractivity contribution in [2.75, 3.05) is 0 Å². The number of aryl methyl sites for hydroxylation is 4. The second-order valence-corrected chi connectivity index (χ2v) is 11.7. The van der Waals surface area contributed by atoms with Gasteiger partial charge in [-0.2, -0.15) is 4.72 Å². The van der Waals surface area contributed by atoms with Crippen molar-refractivity contribution in [3.8, 4) is 0 Å². The van der Waals surface area contributed by atoms with E-state index in [9.17, 15) is 16.8 Å². The lowest BCUT2D eigenvalue weighted by Gasteiger charge is -2.21. The zero-order chi connectivity index (χ0) is 22.8. The Balaban J connectivity index is 2.08. The fourth-order valence-corrected chi connectivity index (χ4v) is 7.41. The minimum Gasteiger partial charge on any atom is -0.222 e. The molecule has 0 aliphatic carbocycles. The van der Waals surface area contributed by atoms with E-state index in [1.165, 1.54) is 12.1 Å². The lowest BCUT2D eigenvalue weighted by atomic mass is 10.1. The third kappa shape index (κ3) is 5.23. The second-order valence-electron chi connectivity index (χ2n) is 7.89. The molecule has 0 amide bonds. The predicted molar refractivity (Wildman–Crippen MR) is 123 cm³/mol. The number of hydrogen-bond donors (Lipinski definition) is 1. The Hall–Kier alpha value is -2.48. The Morgan fingerprint density at radius 1 is 0.742 bits per heavy atom. The van der Waals surface area contributed by atoms with Crippen LogP contribution in [0.15, 0.2) is 76.5 Å². The molecule has 0 aliphatic rings. The SMILES string of the molecule is Cc1ccc(S(=O)(=O)C(Cc2ccccc2)NS(=O)(=O)c2c(C)cc(C)cc2C)cc1. The van der Waals surface area contributed by atoms with Crippen molar-refractivity contribution in [3.05, 3.63) is 94.5 Å². The molecule has 0 aliphatic heterocycles. The van der Waals surface area contributed by atoms with E-state index < -0.39 is 25.2 Å². The van der Waals surface area contributed by atoms with Crippen molar-refractivity contribution in [1.82, 2.24) is 4.72 Å². The summed E-state index contributed by atoms with van der Waals surface area (Å²) in [6, 6.07) is 19.0. The first-order chi connectivity index (χ1) is 14.5. The average molecular weight is 458 g/mol. The predicted octanol–water partition coefficient (Wildman–Crippen LogP) is 4.24. The van der Waals surface area contributed by atoms with Gasteiger partial charge in [0.15, 0.2) is 9.84 Å². The molecule has 0 aromatic heterocycles. The zero-order valence-corrected chi connectivity index (χ0v) is 19.7. The third-order valence-corrected chi connectivity index (χ3v) is 9.04. The van der Waals surface area contributed by atoms with Crippen molar-refractivity contribution >= 4 is 19.9 Å². The van der Waals surface area contributed by atoms with Gasteiger partial charge in [-0.1, -0.05) is 65.7 Å². The van der Waals surface area contributed by atoms with Gasteiger partial charge >= 0.3 is 0 Å². The van der Waals surface area contributed by atoms with Crippen molar-refractivity contribution in [2.45, 2.75) is 49.3 Å². The summed E-state index contributed by atoms with van der Waals surface area (Å²) in [4.78, 5) is 0.203. The molecule has 0 bridgehead atoms. The molecule has 5 nitrogen and oxygen atoms in total. The summed E-state index contributed by atoms with van der Waals surface area (Å²) >= 11 is 0. The molecule has 1 unspecified atom stereocenters. The van der Waals surface area contributed by atoms with Crippen LogP contribution in [-0.2, 0) is 26.3 Å². The summed E-state index contributed by atoms with van der Waals surface area (Å²) in [5, 5.41) is -1.34.